The van der Waals surface area contributed by atoms with Gasteiger partial charge in [-0.3, -0.25) is 0 Å². The van der Waals surface area contributed by atoms with Gasteiger partial charge in [-0.1, -0.05) is 29.8 Å². The number of nitrogens with zero attached hydrogens (tertiary/aromatic N) is 1. The van der Waals surface area contributed by atoms with Gasteiger partial charge in [0, 0.05) is 17.1 Å². The number of halogens is 2. The number of nitrogens with one attached hydrogen (secondary N) is 1. The van der Waals surface area contributed by atoms with Gasteiger partial charge in [-0.15, -0.1) is 0 Å². The smallest absolute Gasteiger partial charge is 0.243 e. The standard InChI is InChI=1S/C13H20BrFN2O2S/c1-4-17(5-2)9-10(3)16-20(18,19)13-7-6-11(14)8-12(13)15/h6-8,10,16H,4-5,9H2,1-3H3. The predicted molar refractivity (Wildman–Crippen MR) is 81.7 cm³/mol. The van der Waals surface area contributed by atoms with Crippen LogP contribution in [-0.2, 0) is 10.0 Å². The van der Waals surface area contributed by atoms with Crippen molar-refractivity contribution in [3.63, 3.8) is 0 Å². The lowest BCUT2D eigenvalue weighted by Crippen LogP contribution is -2.42. The van der Waals surface area contributed by atoms with Gasteiger partial charge in [0.05, 0.1) is 0 Å². The van der Waals surface area contributed by atoms with E-state index < -0.39 is 15.8 Å². The minimum atomic E-state index is -3.84. The van der Waals surface area contributed by atoms with Gasteiger partial charge in [-0.25, -0.2) is 17.5 Å². The molecule has 0 fully saturated rings. The molecule has 0 aliphatic heterocycles. The average molecular weight is 367 g/mol. The monoisotopic (exact) mass is 366 g/mol. The summed E-state index contributed by atoms with van der Waals surface area (Å²) < 4.78 is 41.0. The van der Waals surface area contributed by atoms with Crippen LogP contribution in [0.3, 0.4) is 0 Å². The number of sulfonamides is 1. The van der Waals surface area contributed by atoms with E-state index in [4.69, 9.17) is 0 Å². The van der Waals surface area contributed by atoms with Crippen molar-refractivity contribution in [2.75, 3.05) is 19.6 Å². The maximum atomic E-state index is 13.7. The van der Waals surface area contributed by atoms with Crippen LogP contribution in [0, 0.1) is 5.82 Å². The molecule has 1 N–H and O–H groups in total. The van der Waals surface area contributed by atoms with E-state index in [1.165, 1.54) is 12.1 Å². The summed E-state index contributed by atoms with van der Waals surface area (Å²) >= 11 is 3.10. The van der Waals surface area contributed by atoms with Crippen LogP contribution in [-0.4, -0.2) is 39.0 Å². The fourth-order valence-electron chi connectivity index (χ4n) is 1.93. The van der Waals surface area contributed by atoms with Gasteiger partial charge in [0.25, 0.3) is 0 Å². The van der Waals surface area contributed by atoms with Gasteiger partial charge in [-0.05, 0) is 38.2 Å². The molecule has 0 heterocycles. The van der Waals surface area contributed by atoms with Crippen LogP contribution in [0.15, 0.2) is 27.6 Å². The molecular formula is C13H20BrFN2O2S. The zero-order valence-corrected chi connectivity index (χ0v) is 14.3. The van der Waals surface area contributed by atoms with Gasteiger partial charge in [0.2, 0.25) is 10.0 Å². The highest BCUT2D eigenvalue weighted by atomic mass is 79.9. The Balaban J connectivity index is 2.84. The molecule has 1 unspecified atom stereocenters. The zero-order valence-electron chi connectivity index (χ0n) is 11.9. The molecule has 0 aliphatic carbocycles. The molecule has 0 aromatic heterocycles. The molecule has 1 atom stereocenters. The highest BCUT2D eigenvalue weighted by Crippen LogP contribution is 2.19. The van der Waals surface area contributed by atoms with E-state index in [2.05, 4.69) is 25.6 Å². The minimum Gasteiger partial charge on any atom is -0.302 e. The van der Waals surface area contributed by atoms with E-state index in [1.54, 1.807) is 6.92 Å². The second-order valence-corrected chi connectivity index (χ2v) is 7.18. The Kier molecular flexibility index (Phi) is 6.57. The van der Waals surface area contributed by atoms with Crippen molar-refractivity contribution in [2.45, 2.75) is 31.7 Å². The number of benzene rings is 1. The Morgan fingerprint density at radius 1 is 1.35 bits per heavy atom. The van der Waals surface area contributed by atoms with Crippen LogP contribution in [0.2, 0.25) is 0 Å². The lowest BCUT2D eigenvalue weighted by atomic mass is 10.3. The second-order valence-electron chi connectivity index (χ2n) is 4.58. The zero-order chi connectivity index (χ0) is 15.3. The molecule has 0 spiro atoms. The molecule has 0 saturated heterocycles. The van der Waals surface area contributed by atoms with Gasteiger partial charge in [0.15, 0.2) is 0 Å². The van der Waals surface area contributed by atoms with Crippen molar-refractivity contribution in [3.8, 4) is 0 Å². The molecule has 0 radical (unpaired) electrons. The molecule has 0 bridgehead atoms. The summed E-state index contributed by atoms with van der Waals surface area (Å²) in [6, 6.07) is 3.62. The summed E-state index contributed by atoms with van der Waals surface area (Å²) in [7, 11) is -3.84. The molecule has 0 amide bonds. The van der Waals surface area contributed by atoms with Crippen molar-refractivity contribution in [1.29, 1.82) is 0 Å². The topological polar surface area (TPSA) is 49.4 Å². The number of rotatable bonds is 7. The Morgan fingerprint density at radius 2 is 1.95 bits per heavy atom. The maximum absolute atomic E-state index is 13.7. The summed E-state index contributed by atoms with van der Waals surface area (Å²) in [4.78, 5) is 1.78. The Morgan fingerprint density at radius 3 is 2.45 bits per heavy atom. The summed E-state index contributed by atoms with van der Waals surface area (Å²) in [6.07, 6.45) is 0. The number of hydrogen-bond donors (Lipinski definition) is 1. The highest BCUT2D eigenvalue weighted by molar-refractivity contribution is 9.10. The third kappa shape index (κ3) is 4.80. The van der Waals surface area contributed by atoms with Crippen molar-refractivity contribution in [1.82, 2.24) is 9.62 Å². The van der Waals surface area contributed by atoms with Crippen LogP contribution in [0.5, 0.6) is 0 Å². The fraction of sp³-hybridized carbons (Fsp3) is 0.538. The SMILES string of the molecule is CCN(CC)CC(C)NS(=O)(=O)c1ccc(Br)cc1F. The first kappa shape index (κ1) is 17.6. The van der Waals surface area contributed by atoms with Crippen LogP contribution in [0.1, 0.15) is 20.8 Å². The van der Waals surface area contributed by atoms with E-state index in [0.29, 0.717) is 11.0 Å². The summed E-state index contributed by atoms with van der Waals surface area (Å²) in [5.41, 5.74) is 0. The van der Waals surface area contributed by atoms with Crippen LogP contribution >= 0.6 is 15.9 Å². The molecule has 1 aromatic carbocycles. The van der Waals surface area contributed by atoms with Crippen molar-refractivity contribution in [2.24, 2.45) is 0 Å². The van der Waals surface area contributed by atoms with Crippen LogP contribution in [0.4, 0.5) is 4.39 Å². The molecule has 20 heavy (non-hydrogen) atoms. The summed E-state index contributed by atoms with van der Waals surface area (Å²) in [6.45, 7) is 8.07. The molecule has 4 nitrogen and oxygen atoms in total. The quantitative estimate of drug-likeness (QED) is 0.806. The Labute approximate surface area is 128 Å². The molecule has 0 aliphatic rings. The first-order valence-electron chi connectivity index (χ1n) is 6.49. The van der Waals surface area contributed by atoms with Gasteiger partial charge < -0.3 is 4.90 Å². The summed E-state index contributed by atoms with van der Waals surface area (Å²) in [5, 5.41) is 0. The Bertz CT molecular complexity index is 547. The van der Waals surface area contributed by atoms with Crippen LogP contribution < -0.4 is 4.72 Å². The third-order valence-corrected chi connectivity index (χ3v) is 5.08. The number of hydrogen-bond acceptors (Lipinski definition) is 3. The van der Waals surface area contributed by atoms with Crippen molar-refractivity contribution < 1.29 is 12.8 Å². The minimum absolute atomic E-state index is 0.289. The van der Waals surface area contributed by atoms with Gasteiger partial charge in [0.1, 0.15) is 10.7 Å². The summed E-state index contributed by atoms with van der Waals surface area (Å²) in [5.74, 6) is -0.762. The maximum Gasteiger partial charge on any atom is 0.243 e. The van der Waals surface area contributed by atoms with E-state index in [9.17, 15) is 12.8 Å². The second kappa shape index (κ2) is 7.49. The highest BCUT2D eigenvalue weighted by Gasteiger charge is 2.22. The lowest BCUT2D eigenvalue weighted by molar-refractivity contribution is 0.282. The molecule has 7 heteroatoms. The molecule has 1 aromatic rings. The van der Waals surface area contributed by atoms with E-state index in [0.717, 1.165) is 19.2 Å². The first-order valence-corrected chi connectivity index (χ1v) is 8.77. The molecule has 0 saturated carbocycles. The van der Waals surface area contributed by atoms with Crippen molar-refractivity contribution >= 4 is 26.0 Å². The lowest BCUT2D eigenvalue weighted by Gasteiger charge is -2.23. The molecule has 1 rings (SSSR count). The average Bonchev–Trinajstić information content (AvgIpc) is 2.34. The first-order chi connectivity index (χ1) is 9.30. The normalized spacial score (nSPS) is 13.7. The third-order valence-electron chi connectivity index (χ3n) is 2.97. The van der Waals surface area contributed by atoms with Gasteiger partial charge >= 0.3 is 0 Å². The van der Waals surface area contributed by atoms with E-state index in [1.807, 2.05) is 13.8 Å². The van der Waals surface area contributed by atoms with Gasteiger partial charge in [-0.2, -0.15) is 0 Å². The largest absolute Gasteiger partial charge is 0.302 e. The van der Waals surface area contributed by atoms with E-state index in [-0.39, 0.29) is 10.9 Å². The van der Waals surface area contributed by atoms with E-state index >= 15 is 0 Å². The number of likely N-dealkylation sites (N-methyl/N-ethyl adjacent to an activating group) is 1. The fourth-order valence-corrected chi connectivity index (χ4v) is 3.56. The molecular weight excluding hydrogens is 347 g/mol. The Hall–Kier alpha value is -0.500. The van der Waals surface area contributed by atoms with Crippen molar-refractivity contribution in [3.05, 3.63) is 28.5 Å². The molecule has 114 valence electrons. The van der Waals surface area contributed by atoms with Crippen LogP contribution in [0.25, 0.3) is 0 Å². The predicted octanol–water partition coefficient (Wildman–Crippen LogP) is 2.60.